The number of ether oxygens (including phenoxy) is 3. The molecular formula is C31H36N2O3. The largest absolute Gasteiger partial charge is 0.493 e. The first-order chi connectivity index (χ1) is 17.7. The van der Waals surface area contributed by atoms with Gasteiger partial charge in [-0.25, -0.2) is 0 Å². The van der Waals surface area contributed by atoms with Crippen molar-refractivity contribution in [3.8, 4) is 17.2 Å². The minimum Gasteiger partial charge on any atom is -0.493 e. The van der Waals surface area contributed by atoms with Crippen LogP contribution >= 0.6 is 0 Å². The smallest absolute Gasteiger partial charge is 0.203 e. The van der Waals surface area contributed by atoms with Crippen molar-refractivity contribution in [3.05, 3.63) is 108 Å². The highest BCUT2D eigenvalue weighted by molar-refractivity contribution is 5.67. The molecule has 0 spiro atoms. The molecule has 1 fully saturated rings. The molecule has 0 bridgehead atoms. The van der Waals surface area contributed by atoms with E-state index < -0.39 is 0 Å². The minimum atomic E-state index is 0.296. The van der Waals surface area contributed by atoms with E-state index in [0.29, 0.717) is 23.3 Å². The van der Waals surface area contributed by atoms with Gasteiger partial charge < -0.3 is 14.2 Å². The van der Waals surface area contributed by atoms with Crippen LogP contribution in [-0.4, -0.2) is 63.9 Å². The third kappa shape index (κ3) is 6.17. The predicted octanol–water partition coefficient (Wildman–Crippen LogP) is 5.69. The lowest BCUT2D eigenvalue weighted by Gasteiger charge is -2.39. The number of hydrogen-bond acceptors (Lipinski definition) is 5. The molecule has 0 aromatic heterocycles. The highest BCUT2D eigenvalue weighted by Crippen LogP contribution is 2.40. The van der Waals surface area contributed by atoms with Crippen LogP contribution in [0.25, 0.3) is 6.08 Å². The lowest BCUT2D eigenvalue weighted by molar-refractivity contribution is 0.117. The maximum atomic E-state index is 5.56. The molecule has 3 aromatic carbocycles. The van der Waals surface area contributed by atoms with E-state index in [1.54, 1.807) is 21.3 Å². The Kier molecular flexibility index (Phi) is 9.20. The van der Waals surface area contributed by atoms with Gasteiger partial charge in [0.1, 0.15) is 0 Å². The van der Waals surface area contributed by atoms with Crippen LogP contribution < -0.4 is 14.2 Å². The van der Waals surface area contributed by atoms with Crippen molar-refractivity contribution >= 4 is 6.08 Å². The lowest BCUT2D eigenvalue weighted by Crippen LogP contribution is -2.47. The summed E-state index contributed by atoms with van der Waals surface area (Å²) in [6.45, 7) is 5.12. The van der Waals surface area contributed by atoms with Crippen LogP contribution in [0.2, 0.25) is 0 Å². The zero-order valence-electron chi connectivity index (χ0n) is 21.5. The standard InChI is InChI=1S/C31H36N2O3/c1-34-28-19-18-27(30(35-2)31(28)36-3)17-11-6-12-20-32-21-23-33(24-22-32)29(25-13-7-4-8-14-25)26-15-9-5-10-16-26/h4-19,29H,20-24H2,1-3H3. The Morgan fingerprint density at radius 2 is 1.31 bits per heavy atom. The highest BCUT2D eigenvalue weighted by Gasteiger charge is 2.25. The van der Waals surface area contributed by atoms with Gasteiger partial charge >= 0.3 is 0 Å². The number of hydrogen-bond donors (Lipinski definition) is 0. The van der Waals surface area contributed by atoms with Crippen LogP contribution in [0.1, 0.15) is 22.7 Å². The molecule has 1 aliphatic heterocycles. The summed E-state index contributed by atoms with van der Waals surface area (Å²) >= 11 is 0. The Labute approximate surface area is 215 Å². The number of piperazine rings is 1. The maximum Gasteiger partial charge on any atom is 0.203 e. The van der Waals surface area contributed by atoms with Crippen LogP contribution in [0.3, 0.4) is 0 Å². The SMILES string of the molecule is COc1ccc(C=CC=CCN2CCN(C(c3ccccc3)c3ccccc3)CC2)c(OC)c1OC. The molecule has 0 atom stereocenters. The van der Waals surface area contributed by atoms with Crippen molar-refractivity contribution < 1.29 is 14.2 Å². The summed E-state index contributed by atoms with van der Waals surface area (Å²) in [5.74, 6) is 1.93. The van der Waals surface area contributed by atoms with Gasteiger partial charge in [-0.15, -0.1) is 0 Å². The van der Waals surface area contributed by atoms with E-state index in [9.17, 15) is 0 Å². The Balaban J connectivity index is 1.34. The molecule has 0 N–H and O–H groups in total. The van der Waals surface area contributed by atoms with E-state index >= 15 is 0 Å². The second kappa shape index (κ2) is 13.0. The first-order valence-corrected chi connectivity index (χ1v) is 12.4. The topological polar surface area (TPSA) is 34.2 Å². The van der Waals surface area contributed by atoms with Crippen molar-refractivity contribution in [2.45, 2.75) is 6.04 Å². The third-order valence-electron chi connectivity index (χ3n) is 6.62. The van der Waals surface area contributed by atoms with Crippen molar-refractivity contribution in [1.82, 2.24) is 9.80 Å². The van der Waals surface area contributed by atoms with Gasteiger partial charge in [0, 0.05) is 38.3 Å². The number of allylic oxidation sites excluding steroid dienone is 2. The summed E-state index contributed by atoms with van der Waals surface area (Å²) in [5.41, 5.74) is 3.65. The molecule has 4 rings (SSSR count). The fraction of sp³-hybridized carbons (Fsp3) is 0.290. The van der Waals surface area contributed by atoms with Crippen molar-refractivity contribution in [1.29, 1.82) is 0 Å². The van der Waals surface area contributed by atoms with E-state index in [2.05, 4.69) is 82.6 Å². The summed E-state index contributed by atoms with van der Waals surface area (Å²) < 4.78 is 16.4. The molecule has 1 aliphatic rings. The molecule has 1 heterocycles. The van der Waals surface area contributed by atoms with E-state index in [1.165, 1.54) is 11.1 Å². The first-order valence-electron chi connectivity index (χ1n) is 12.4. The molecule has 0 aliphatic carbocycles. The second-order valence-electron chi connectivity index (χ2n) is 8.77. The third-order valence-corrected chi connectivity index (χ3v) is 6.62. The fourth-order valence-corrected chi connectivity index (χ4v) is 4.79. The number of benzene rings is 3. The van der Waals surface area contributed by atoms with Gasteiger partial charge in [0.25, 0.3) is 0 Å². The molecule has 0 radical (unpaired) electrons. The summed E-state index contributed by atoms with van der Waals surface area (Å²) in [6.07, 6.45) is 8.38. The Morgan fingerprint density at radius 1 is 0.694 bits per heavy atom. The van der Waals surface area contributed by atoms with Crippen LogP contribution in [-0.2, 0) is 0 Å². The van der Waals surface area contributed by atoms with Crippen LogP contribution in [0.15, 0.2) is 91.0 Å². The average molecular weight is 485 g/mol. The normalized spacial score (nSPS) is 15.1. The fourth-order valence-electron chi connectivity index (χ4n) is 4.79. The number of methoxy groups -OCH3 is 3. The second-order valence-corrected chi connectivity index (χ2v) is 8.77. The van der Waals surface area contributed by atoms with Gasteiger partial charge in [-0.1, -0.05) is 85.0 Å². The summed E-state index contributed by atoms with van der Waals surface area (Å²) in [6, 6.07) is 25.9. The quantitative estimate of drug-likeness (QED) is 0.346. The maximum absolute atomic E-state index is 5.56. The highest BCUT2D eigenvalue weighted by atomic mass is 16.5. The van der Waals surface area contributed by atoms with Gasteiger partial charge in [-0.05, 0) is 23.3 Å². The summed E-state index contributed by atoms with van der Waals surface area (Å²) in [4.78, 5) is 5.11. The van der Waals surface area contributed by atoms with E-state index in [0.717, 1.165) is 38.3 Å². The zero-order valence-corrected chi connectivity index (χ0v) is 21.5. The van der Waals surface area contributed by atoms with Crippen molar-refractivity contribution in [3.63, 3.8) is 0 Å². The summed E-state index contributed by atoms with van der Waals surface area (Å²) in [7, 11) is 4.89. The van der Waals surface area contributed by atoms with E-state index in [1.807, 2.05) is 24.3 Å². The van der Waals surface area contributed by atoms with Crippen LogP contribution in [0, 0.1) is 0 Å². The zero-order chi connectivity index (χ0) is 25.2. The Morgan fingerprint density at radius 3 is 1.86 bits per heavy atom. The Hall–Kier alpha value is -3.54. The minimum absolute atomic E-state index is 0.296. The molecule has 5 heteroatoms. The number of nitrogens with zero attached hydrogens (tertiary/aromatic N) is 2. The summed E-state index contributed by atoms with van der Waals surface area (Å²) in [5, 5.41) is 0. The van der Waals surface area contributed by atoms with Crippen molar-refractivity contribution in [2.75, 3.05) is 54.1 Å². The lowest BCUT2D eigenvalue weighted by atomic mass is 9.96. The van der Waals surface area contributed by atoms with Crippen molar-refractivity contribution in [2.24, 2.45) is 0 Å². The van der Waals surface area contributed by atoms with Gasteiger partial charge in [0.15, 0.2) is 11.5 Å². The molecule has 0 amide bonds. The Bertz CT molecular complexity index is 1100. The molecule has 5 nitrogen and oxygen atoms in total. The molecule has 1 saturated heterocycles. The molecule has 36 heavy (non-hydrogen) atoms. The molecule has 0 unspecified atom stereocenters. The van der Waals surface area contributed by atoms with E-state index in [-0.39, 0.29) is 0 Å². The molecule has 0 saturated carbocycles. The predicted molar refractivity (Wildman–Crippen MR) is 147 cm³/mol. The average Bonchev–Trinajstić information content (AvgIpc) is 2.94. The molecule has 3 aromatic rings. The van der Waals surface area contributed by atoms with Crippen LogP contribution in [0.5, 0.6) is 17.2 Å². The molecular weight excluding hydrogens is 448 g/mol. The number of rotatable bonds is 10. The monoisotopic (exact) mass is 484 g/mol. The van der Waals surface area contributed by atoms with Gasteiger partial charge in [-0.2, -0.15) is 0 Å². The van der Waals surface area contributed by atoms with Crippen LogP contribution in [0.4, 0.5) is 0 Å². The van der Waals surface area contributed by atoms with Gasteiger partial charge in [-0.3, -0.25) is 9.80 Å². The van der Waals surface area contributed by atoms with E-state index in [4.69, 9.17) is 14.2 Å². The van der Waals surface area contributed by atoms with Gasteiger partial charge in [0.2, 0.25) is 5.75 Å². The van der Waals surface area contributed by atoms with Gasteiger partial charge in [0.05, 0.1) is 27.4 Å². The first kappa shape index (κ1) is 25.5. The molecule has 188 valence electrons.